The summed E-state index contributed by atoms with van der Waals surface area (Å²) < 4.78 is 0. The zero-order valence-electron chi connectivity index (χ0n) is 16.9. The van der Waals surface area contributed by atoms with Crippen LogP contribution in [-0.2, 0) is 14.4 Å². The van der Waals surface area contributed by atoms with E-state index in [-0.39, 0.29) is 24.4 Å². The molecule has 0 aliphatic carbocycles. The molecule has 0 saturated carbocycles. The summed E-state index contributed by atoms with van der Waals surface area (Å²) in [6.45, 7) is 0.819. The molecule has 0 radical (unpaired) electrons. The van der Waals surface area contributed by atoms with Crippen molar-refractivity contribution in [3.05, 3.63) is 35.9 Å². The zero-order chi connectivity index (χ0) is 23.0. The molecule has 11 nitrogen and oxygen atoms in total. The van der Waals surface area contributed by atoms with Crippen molar-refractivity contribution in [1.82, 2.24) is 5.32 Å². The van der Waals surface area contributed by atoms with Gasteiger partial charge in [0.1, 0.15) is 24.4 Å². The molecule has 1 amide bonds. The highest BCUT2D eigenvalue weighted by Gasteiger charge is 2.42. The Labute approximate surface area is 185 Å². The number of halogens is 1. The number of ketones is 1. The minimum Gasteiger partial charge on any atom is -0.480 e. The molecule has 1 aromatic carbocycles. The molecule has 31 heavy (non-hydrogen) atoms. The lowest BCUT2D eigenvalue weighted by Crippen LogP contribution is -2.58. The number of carboxylic acids is 1. The molecule has 176 valence electrons. The second kappa shape index (κ2) is 13.3. The number of carbonyl (C=O) groups is 3. The van der Waals surface area contributed by atoms with Gasteiger partial charge in [0.05, 0.1) is 24.6 Å². The first-order valence-electron chi connectivity index (χ1n) is 9.34. The van der Waals surface area contributed by atoms with Gasteiger partial charge in [-0.3, -0.25) is 14.4 Å². The lowest BCUT2D eigenvalue weighted by molar-refractivity contribution is -0.148. The van der Waals surface area contributed by atoms with Crippen LogP contribution in [0.15, 0.2) is 30.3 Å². The number of aliphatic hydroxyl groups excluding tert-OH is 4. The third-order valence-corrected chi connectivity index (χ3v) is 4.79. The van der Waals surface area contributed by atoms with Crippen molar-refractivity contribution in [2.24, 2.45) is 11.5 Å². The molecule has 0 aliphatic heterocycles. The molecule has 7 atom stereocenters. The van der Waals surface area contributed by atoms with Crippen molar-refractivity contribution in [2.45, 2.75) is 55.7 Å². The lowest BCUT2D eigenvalue weighted by atomic mass is 9.83. The Morgan fingerprint density at radius 3 is 2.03 bits per heavy atom. The number of aliphatic carboxylic acids is 1. The van der Waals surface area contributed by atoms with Gasteiger partial charge in [0, 0.05) is 0 Å². The van der Waals surface area contributed by atoms with Gasteiger partial charge >= 0.3 is 5.97 Å². The van der Waals surface area contributed by atoms with Gasteiger partial charge in [-0.1, -0.05) is 37.3 Å². The lowest BCUT2D eigenvalue weighted by Gasteiger charge is -2.31. The van der Waals surface area contributed by atoms with E-state index in [1.54, 1.807) is 13.0 Å². The molecule has 12 heteroatoms. The number of amides is 1. The minimum absolute atomic E-state index is 0. The maximum Gasteiger partial charge on any atom is 0.321 e. The standard InChI is InChI=1S/C19H29N3O8.ClH/c1-2-10(20)18(28)22-11(8-23)14(24)16(26)17(27)15(25)12(13(21)19(29)30)9-6-4-3-5-7-9;/h3-7,10-14,16-17,23-24,26-27H,2,8,20-21H2,1H3,(H,22,28)(H,29,30);1H/t10-,11-,12?,13-,14+,16+,17+;/m0./s1. The van der Waals surface area contributed by atoms with E-state index in [2.05, 4.69) is 5.32 Å². The van der Waals surface area contributed by atoms with E-state index in [4.69, 9.17) is 11.5 Å². The first kappa shape index (κ1) is 28.9. The summed E-state index contributed by atoms with van der Waals surface area (Å²) in [6.07, 6.45) is -6.09. The fourth-order valence-corrected chi connectivity index (χ4v) is 2.84. The number of hydrogen-bond acceptors (Lipinski definition) is 9. The number of nitrogens with two attached hydrogens (primary N) is 2. The molecule has 10 N–H and O–H groups in total. The summed E-state index contributed by atoms with van der Waals surface area (Å²) in [7, 11) is 0. The Morgan fingerprint density at radius 2 is 1.58 bits per heavy atom. The predicted octanol–water partition coefficient (Wildman–Crippen LogP) is -2.53. The van der Waals surface area contributed by atoms with Crippen molar-refractivity contribution in [2.75, 3.05) is 6.61 Å². The van der Waals surface area contributed by atoms with Crippen LogP contribution in [0.5, 0.6) is 0 Å². The minimum atomic E-state index is -2.25. The van der Waals surface area contributed by atoms with Crippen LogP contribution in [0.1, 0.15) is 24.8 Å². The van der Waals surface area contributed by atoms with Crippen molar-refractivity contribution in [1.29, 1.82) is 0 Å². The molecule has 1 unspecified atom stereocenters. The average molecular weight is 464 g/mol. The van der Waals surface area contributed by atoms with Crippen LogP contribution in [0.3, 0.4) is 0 Å². The Hall–Kier alpha value is -2.12. The average Bonchev–Trinajstić information content (AvgIpc) is 2.75. The van der Waals surface area contributed by atoms with E-state index in [9.17, 15) is 39.9 Å². The summed E-state index contributed by atoms with van der Waals surface area (Å²) >= 11 is 0. The van der Waals surface area contributed by atoms with Gasteiger partial charge in [-0.25, -0.2) is 0 Å². The van der Waals surface area contributed by atoms with Gasteiger partial charge in [-0.05, 0) is 12.0 Å². The molecule has 1 aromatic rings. The normalized spacial score (nSPS) is 17.8. The molecule has 0 aromatic heterocycles. The van der Waals surface area contributed by atoms with E-state index < -0.39 is 66.6 Å². The fraction of sp³-hybridized carbons (Fsp3) is 0.526. The summed E-state index contributed by atoms with van der Waals surface area (Å²) in [5.74, 6) is -4.88. The van der Waals surface area contributed by atoms with Crippen LogP contribution >= 0.6 is 12.4 Å². The number of aliphatic hydroxyl groups is 4. The molecule has 0 aliphatic rings. The summed E-state index contributed by atoms with van der Waals surface area (Å²) in [6, 6.07) is 3.48. The Morgan fingerprint density at radius 1 is 1.03 bits per heavy atom. The van der Waals surface area contributed by atoms with Crippen LogP contribution in [0.4, 0.5) is 0 Å². The van der Waals surface area contributed by atoms with Crippen LogP contribution < -0.4 is 16.8 Å². The Balaban J connectivity index is 0.00000900. The van der Waals surface area contributed by atoms with E-state index >= 15 is 0 Å². The summed E-state index contributed by atoms with van der Waals surface area (Å²) in [4.78, 5) is 36.0. The van der Waals surface area contributed by atoms with E-state index in [1.807, 2.05) is 0 Å². The third kappa shape index (κ3) is 7.51. The fourth-order valence-electron chi connectivity index (χ4n) is 2.84. The molecule has 1 rings (SSSR count). The number of rotatable bonds is 12. The molecule has 0 saturated heterocycles. The van der Waals surface area contributed by atoms with Crippen LogP contribution in [0, 0.1) is 0 Å². The predicted molar refractivity (Wildman–Crippen MR) is 112 cm³/mol. The first-order chi connectivity index (χ1) is 14.1. The van der Waals surface area contributed by atoms with Crippen molar-refractivity contribution < 1.29 is 39.9 Å². The Kier molecular flexibility index (Phi) is 12.4. The van der Waals surface area contributed by atoms with Gasteiger partial charge in [0.15, 0.2) is 5.78 Å². The number of Topliss-reactive ketones (excluding diaryl/α,β-unsaturated/α-hetero) is 1. The molecule has 0 fully saturated rings. The van der Waals surface area contributed by atoms with Gasteiger partial charge in [-0.15, -0.1) is 12.4 Å². The van der Waals surface area contributed by atoms with E-state index in [1.165, 1.54) is 24.3 Å². The number of carbonyl (C=O) groups excluding carboxylic acids is 2. The molecule has 0 spiro atoms. The van der Waals surface area contributed by atoms with Gasteiger partial charge in [0.2, 0.25) is 5.91 Å². The Bertz CT molecular complexity index is 723. The maximum absolute atomic E-state index is 12.8. The number of hydrogen-bond donors (Lipinski definition) is 8. The van der Waals surface area contributed by atoms with Crippen molar-refractivity contribution in [3.63, 3.8) is 0 Å². The highest BCUT2D eigenvalue weighted by atomic mass is 35.5. The number of carboxylic acid groups (broad SMARTS) is 1. The monoisotopic (exact) mass is 463 g/mol. The maximum atomic E-state index is 12.8. The van der Waals surface area contributed by atoms with Crippen LogP contribution in [0.2, 0.25) is 0 Å². The largest absolute Gasteiger partial charge is 0.480 e. The van der Waals surface area contributed by atoms with Crippen LogP contribution in [0.25, 0.3) is 0 Å². The second-order valence-corrected chi connectivity index (χ2v) is 6.89. The van der Waals surface area contributed by atoms with E-state index in [0.29, 0.717) is 0 Å². The second-order valence-electron chi connectivity index (χ2n) is 6.89. The molecular formula is C19H30ClN3O8. The SMILES string of the molecule is CC[C@H](N)C(=O)N[C@@H](CO)[C@@H](O)[C@@H](O)[C@H](O)C(=O)C(c1ccccc1)[C@H](N)C(=O)O.Cl. The third-order valence-electron chi connectivity index (χ3n) is 4.79. The smallest absolute Gasteiger partial charge is 0.321 e. The summed E-state index contributed by atoms with van der Waals surface area (Å²) in [5, 5.41) is 51.8. The molecular weight excluding hydrogens is 434 g/mol. The first-order valence-corrected chi connectivity index (χ1v) is 9.34. The van der Waals surface area contributed by atoms with Crippen molar-refractivity contribution >= 4 is 30.1 Å². The summed E-state index contributed by atoms with van der Waals surface area (Å²) in [5.41, 5.74) is 11.4. The van der Waals surface area contributed by atoms with E-state index in [0.717, 1.165) is 0 Å². The topological polar surface area (TPSA) is 216 Å². The van der Waals surface area contributed by atoms with Crippen molar-refractivity contribution in [3.8, 4) is 0 Å². The van der Waals surface area contributed by atoms with Crippen LogP contribution in [-0.4, -0.2) is 86.2 Å². The van der Waals surface area contributed by atoms with Gasteiger partial charge in [0.25, 0.3) is 0 Å². The number of benzene rings is 1. The highest BCUT2D eigenvalue weighted by Crippen LogP contribution is 2.23. The molecule has 0 heterocycles. The highest BCUT2D eigenvalue weighted by molar-refractivity contribution is 5.95. The molecule has 0 bridgehead atoms. The van der Waals surface area contributed by atoms with Gasteiger partial charge in [-0.2, -0.15) is 0 Å². The quantitative estimate of drug-likeness (QED) is 0.162. The number of nitrogens with one attached hydrogen (secondary N) is 1. The van der Waals surface area contributed by atoms with Gasteiger partial charge < -0.3 is 42.3 Å². The zero-order valence-corrected chi connectivity index (χ0v) is 17.7.